The molecule has 2 bridgehead atoms. The highest BCUT2D eigenvalue weighted by molar-refractivity contribution is 5.94. The van der Waals surface area contributed by atoms with E-state index >= 15 is 0 Å². The number of benzene rings is 1. The summed E-state index contributed by atoms with van der Waals surface area (Å²) >= 11 is 0. The fraction of sp³-hybridized carbons (Fsp3) is 0.682. The molecule has 3 atom stereocenters. The Balaban J connectivity index is 1.40. The molecule has 1 amide bonds. The molecule has 1 N–H and O–H groups in total. The molecule has 2 heterocycles. The van der Waals surface area contributed by atoms with Gasteiger partial charge in [-0.1, -0.05) is 43.4 Å². The van der Waals surface area contributed by atoms with Crippen LogP contribution in [0.15, 0.2) is 24.3 Å². The third-order valence-corrected chi connectivity index (χ3v) is 6.68. The van der Waals surface area contributed by atoms with E-state index in [1.54, 1.807) is 0 Å². The van der Waals surface area contributed by atoms with Crippen LogP contribution < -0.4 is 5.32 Å². The highest BCUT2D eigenvalue weighted by Gasteiger charge is 2.41. The number of fused-ring (bicyclic) bond motifs is 2. The Morgan fingerprint density at radius 2 is 1.48 bits per heavy atom. The number of carbonyl (C=O) groups excluding carboxylic acids is 1. The monoisotopic (exact) mass is 340 g/mol. The van der Waals surface area contributed by atoms with Crippen LogP contribution in [0.1, 0.15) is 80.1 Å². The Labute approximate surface area is 152 Å². The number of amides is 1. The zero-order chi connectivity index (χ0) is 17.2. The first-order chi connectivity index (χ1) is 12.2. The molecule has 3 aliphatic rings. The highest BCUT2D eigenvalue weighted by Crippen LogP contribution is 2.39. The molecule has 0 spiro atoms. The molecule has 136 valence electrons. The molecule has 2 aliphatic heterocycles. The van der Waals surface area contributed by atoms with Crippen molar-refractivity contribution in [1.82, 2.24) is 10.2 Å². The molecule has 1 saturated carbocycles. The van der Waals surface area contributed by atoms with E-state index in [1.807, 2.05) is 24.3 Å². The Hall–Kier alpha value is -1.35. The summed E-state index contributed by atoms with van der Waals surface area (Å²) < 4.78 is 0. The average molecular weight is 341 g/mol. The summed E-state index contributed by atoms with van der Waals surface area (Å²) in [5, 5.41) is 3.34. The Morgan fingerprint density at radius 1 is 0.880 bits per heavy atom. The van der Waals surface area contributed by atoms with Gasteiger partial charge in [0.15, 0.2) is 0 Å². The molecule has 2 saturated heterocycles. The normalized spacial score (nSPS) is 30.8. The zero-order valence-electron chi connectivity index (χ0n) is 15.5. The molecule has 0 aromatic heterocycles. The molecule has 3 nitrogen and oxygen atoms in total. The van der Waals surface area contributed by atoms with E-state index in [2.05, 4.69) is 17.1 Å². The number of piperidine rings is 2. The van der Waals surface area contributed by atoms with Crippen LogP contribution in [0.3, 0.4) is 0 Å². The largest absolute Gasteiger partial charge is 0.349 e. The minimum atomic E-state index is 0.106. The second-order valence-corrected chi connectivity index (χ2v) is 8.49. The van der Waals surface area contributed by atoms with Crippen molar-refractivity contribution in [2.24, 2.45) is 0 Å². The number of hydrogen-bond donors (Lipinski definition) is 1. The summed E-state index contributed by atoms with van der Waals surface area (Å²) in [6.45, 7) is 2.06. The zero-order valence-corrected chi connectivity index (χ0v) is 15.5. The van der Waals surface area contributed by atoms with Crippen LogP contribution in [0.2, 0.25) is 0 Å². The predicted octanol–water partition coefficient (Wildman–Crippen LogP) is 4.44. The van der Waals surface area contributed by atoms with Gasteiger partial charge in [-0.3, -0.25) is 9.69 Å². The fourth-order valence-corrected chi connectivity index (χ4v) is 5.48. The van der Waals surface area contributed by atoms with Crippen LogP contribution in [0.5, 0.6) is 0 Å². The molecule has 3 heteroatoms. The van der Waals surface area contributed by atoms with Crippen LogP contribution in [-0.4, -0.2) is 35.0 Å². The number of hydrogen-bond acceptors (Lipinski definition) is 2. The topological polar surface area (TPSA) is 32.3 Å². The number of carbonyl (C=O) groups is 1. The maximum Gasteiger partial charge on any atom is 0.251 e. The van der Waals surface area contributed by atoms with E-state index in [0.29, 0.717) is 18.1 Å². The van der Waals surface area contributed by atoms with Gasteiger partial charge in [0.25, 0.3) is 5.91 Å². The van der Waals surface area contributed by atoms with E-state index in [-0.39, 0.29) is 5.91 Å². The molecular weight excluding hydrogens is 308 g/mol. The lowest BCUT2D eigenvalue weighted by Gasteiger charge is -2.53. The average Bonchev–Trinajstić information content (AvgIpc) is 2.62. The van der Waals surface area contributed by atoms with Gasteiger partial charge in [0, 0.05) is 29.7 Å². The predicted molar refractivity (Wildman–Crippen MR) is 102 cm³/mol. The Kier molecular flexibility index (Phi) is 5.12. The Bertz CT molecular complexity index is 577. The Morgan fingerprint density at radius 3 is 2.12 bits per heavy atom. The first kappa shape index (κ1) is 17.1. The van der Waals surface area contributed by atoms with Crippen molar-refractivity contribution in [3.63, 3.8) is 0 Å². The molecule has 1 aliphatic carbocycles. The molecule has 3 fully saturated rings. The smallest absolute Gasteiger partial charge is 0.251 e. The minimum absolute atomic E-state index is 0.106. The molecule has 0 radical (unpaired) electrons. The van der Waals surface area contributed by atoms with Gasteiger partial charge >= 0.3 is 0 Å². The van der Waals surface area contributed by atoms with Crippen molar-refractivity contribution in [3.8, 4) is 0 Å². The van der Waals surface area contributed by atoms with E-state index in [9.17, 15) is 4.79 Å². The maximum atomic E-state index is 12.6. The van der Waals surface area contributed by atoms with E-state index in [4.69, 9.17) is 0 Å². The van der Waals surface area contributed by atoms with Gasteiger partial charge in [-0.2, -0.15) is 0 Å². The lowest BCUT2D eigenvalue weighted by molar-refractivity contribution is -0.0211. The number of aryl methyl sites for hydroxylation is 1. The number of nitrogens with one attached hydrogen (secondary N) is 1. The van der Waals surface area contributed by atoms with Crippen molar-refractivity contribution in [2.45, 2.75) is 95.3 Å². The highest BCUT2D eigenvalue weighted by atomic mass is 16.1. The van der Waals surface area contributed by atoms with E-state index in [1.165, 1.54) is 56.9 Å². The standard InChI is InChI=1S/C22H32N2O/c1-16-10-12-17(13-11-16)22(25)23-18-14-20-8-5-9-21(15-18)24(20)19-6-3-2-4-7-19/h10-13,18-21H,2-9,14-15H2,1H3,(H,23,25)/t18?,20-,21+. The summed E-state index contributed by atoms with van der Waals surface area (Å²) in [4.78, 5) is 15.5. The van der Waals surface area contributed by atoms with Crippen molar-refractivity contribution < 1.29 is 4.79 Å². The molecule has 4 rings (SSSR count). The fourth-order valence-electron chi connectivity index (χ4n) is 5.48. The van der Waals surface area contributed by atoms with E-state index in [0.717, 1.165) is 24.4 Å². The molecular formula is C22H32N2O. The summed E-state index contributed by atoms with van der Waals surface area (Å²) in [5.41, 5.74) is 2.00. The SMILES string of the molecule is Cc1ccc(C(=O)NC2C[C@H]3CCC[C@@H](C2)N3C2CCCCC2)cc1. The molecule has 1 unspecified atom stereocenters. The van der Waals surface area contributed by atoms with Crippen LogP contribution in [0.4, 0.5) is 0 Å². The first-order valence-electron chi connectivity index (χ1n) is 10.4. The van der Waals surface area contributed by atoms with Crippen LogP contribution in [0.25, 0.3) is 0 Å². The second-order valence-electron chi connectivity index (χ2n) is 8.49. The third-order valence-electron chi connectivity index (χ3n) is 6.68. The minimum Gasteiger partial charge on any atom is -0.349 e. The summed E-state index contributed by atoms with van der Waals surface area (Å²) in [5.74, 6) is 0.106. The van der Waals surface area contributed by atoms with Crippen molar-refractivity contribution in [1.29, 1.82) is 0 Å². The van der Waals surface area contributed by atoms with Gasteiger partial charge in [0.2, 0.25) is 0 Å². The van der Waals surface area contributed by atoms with Gasteiger partial charge in [-0.25, -0.2) is 0 Å². The molecule has 1 aromatic carbocycles. The maximum absolute atomic E-state index is 12.6. The lowest BCUT2D eigenvalue weighted by atomic mass is 9.78. The molecule has 1 aromatic rings. The van der Waals surface area contributed by atoms with Crippen LogP contribution in [0, 0.1) is 6.92 Å². The van der Waals surface area contributed by atoms with Gasteiger partial charge in [0.05, 0.1) is 0 Å². The van der Waals surface area contributed by atoms with Crippen molar-refractivity contribution in [3.05, 3.63) is 35.4 Å². The second kappa shape index (κ2) is 7.49. The van der Waals surface area contributed by atoms with Gasteiger partial charge in [-0.15, -0.1) is 0 Å². The van der Waals surface area contributed by atoms with E-state index < -0.39 is 0 Å². The lowest BCUT2D eigenvalue weighted by Crippen LogP contribution is -2.60. The van der Waals surface area contributed by atoms with Crippen LogP contribution in [-0.2, 0) is 0 Å². The number of rotatable bonds is 3. The van der Waals surface area contributed by atoms with Crippen LogP contribution >= 0.6 is 0 Å². The summed E-state index contributed by atoms with van der Waals surface area (Å²) in [6.07, 6.45) is 13.3. The molecule has 25 heavy (non-hydrogen) atoms. The first-order valence-corrected chi connectivity index (χ1v) is 10.4. The van der Waals surface area contributed by atoms with Gasteiger partial charge < -0.3 is 5.32 Å². The van der Waals surface area contributed by atoms with Gasteiger partial charge in [0.1, 0.15) is 0 Å². The van der Waals surface area contributed by atoms with Crippen molar-refractivity contribution >= 4 is 5.91 Å². The van der Waals surface area contributed by atoms with Gasteiger partial charge in [-0.05, 0) is 57.6 Å². The summed E-state index contributed by atoms with van der Waals surface area (Å²) in [7, 11) is 0. The van der Waals surface area contributed by atoms with Crippen molar-refractivity contribution in [2.75, 3.05) is 0 Å². The summed E-state index contributed by atoms with van der Waals surface area (Å²) in [6, 6.07) is 10.5. The third kappa shape index (κ3) is 3.76. The quantitative estimate of drug-likeness (QED) is 0.882. The number of nitrogens with zero attached hydrogens (tertiary/aromatic N) is 1.